The zero-order chi connectivity index (χ0) is 14.1. The molecule has 1 aliphatic heterocycles. The first kappa shape index (κ1) is 13.5. The molecule has 1 aromatic heterocycles. The van der Waals surface area contributed by atoms with Crippen LogP contribution in [0.15, 0.2) is 18.2 Å². The molecule has 5 heteroatoms. The molecule has 0 saturated carbocycles. The quantitative estimate of drug-likeness (QED) is 0.863. The van der Waals surface area contributed by atoms with Crippen molar-refractivity contribution in [2.75, 3.05) is 20.2 Å². The Kier molecular flexibility index (Phi) is 3.72. The van der Waals surface area contributed by atoms with E-state index in [9.17, 15) is 9.18 Å². The molecule has 3 rings (SSSR count). The molecule has 0 bridgehead atoms. The van der Waals surface area contributed by atoms with Gasteiger partial charge in [0.05, 0.1) is 7.11 Å². The van der Waals surface area contributed by atoms with E-state index >= 15 is 0 Å². The van der Waals surface area contributed by atoms with Crippen molar-refractivity contribution < 1.29 is 13.9 Å². The normalized spacial score (nSPS) is 16.5. The van der Waals surface area contributed by atoms with E-state index in [-0.39, 0.29) is 11.8 Å². The predicted octanol–water partition coefficient (Wildman–Crippen LogP) is 3.29. The Labute approximate surface area is 120 Å². The summed E-state index contributed by atoms with van der Waals surface area (Å²) in [5, 5.41) is 4.31. The van der Waals surface area contributed by atoms with Crippen LogP contribution < -0.4 is 5.32 Å². The fourth-order valence-corrected chi connectivity index (χ4v) is 4.08. The first-order valence-corrected chi connectivity index (χ1v) is 7.53. The van der Waals surface area contributed by atoms with Crippen molar-refractivity contribution in [2.45, 2.75) is 18.8 Å². The topological polar surface area (TPSA) is 38.3 Å². The highest BCUT2D eigenvalue weighted by molar-refractivity contribution is 7.21. The molecule has 0 amide bonds. The molecule has 1 fully saturated rings. The molecule has 0 spiro atoms. The van der Waals surface area contributed by atoms with Crippen LogP contribution in [0.4, 0.5) is 4.39 Å². The summed E-state index contributed by atoms with van der Waals surface area (Å²) in [7, 11) is 1.39. The minimum absolute atomic E-state index is 0.271. The van der Waals surface area contributed by atoms with Crippen molar-refractivity contribution in [3.63, 3.8) is 0 Å². The molecule has 3 nitrogen and oxygen atoms in total. The van der Waals surface area contributed by atoms with E-state index in [0.717, 1.165) is 41.6 Å². The van der Waals surface area contributed by atoms with Gasteiger partial charge in [-0.3, -0.25) is 0 Å². The standard InChI is InChI=1S/C15H16FNO2S/c1-19-15(18)14-13(9-4-6-17-7-5-9)11-3-2-10(16)8-12(11)20-14/h2-3,8-9,17H,4-7H2,1H3. The lowest BCUT2D eigenvalue weighted by Crippen LogP contribution is -2.27. The van der Waals surface area contributed by atoms with Gasteiger partial charge in [-0.05, 0) is 54.9 Å². The fraction of sp³-hybridized carbons (Fsp3) is 0.400. The highest BCUT2D eigenvalue weighted by atomic mass is 32.1. The second kappa shape index (κ2) is 5.50. The van der Waals surface area contributed by atoms with Crippen LogP contribution in [-0.2, 0) is 4.74 Å². The fourth-order valence-electron chi connectivity index (χ4n) is 2.85. The molecule has 2 aromatic rings. The van der Waals surface area contributed by atoms with E-state index in [1.54, 1.807) is 6.07 Å². The van der Waals surface area contributed by atoms with Crippen molar-refractivity contribution in [3.8, 4) is 0 Å². The summed E-state index contributed by atoms with van der Waals surface area (Å²) >= 11 is 1.33. The Morgan fingerprint density at radius 1 is 1.40 bits per heavy atom. The van der Waals surface area contributed by atoms with Crippen LogP contribution in [-0.4, -0.2) is 26.2 Å². The van der Waals surface area contributed by atoms with Gasteiger partial charge < -0.3 is 10.1 Å². The van der Waals surface area contributed by atoms with Gasteiger partial charge in [0.2, 0.25) is 0 Å². The van der Waals surface area contributed by atoms with Crippen LogP contribution in [0.3, 0.4) is 0 Å². The number of benzene rings is 1. The largest absolute Gasteiger partial charge is 0.465 e. The molecule has 106 valence electrons. The molecule has 1 N–H and O–H groups in total. The third-order valence-electron chi connectivity index (χ3n) is 3.81. The highest BCUT2D eigenvalue weighted by Gasteiger charge is 2.26. The van der Waals surface area contributed by atoms with E-state index in [4.69, 9.17) is 4.74 Å². The number of halogens is 1. The van der Waals surface area contributed by atoms with Crippen LogP contribution in [0, 0.1) is 5.82 Å². The number of nitrogens with one attached hydrogen (secondary N) is 1. The Balaban J connectivity index is 2.16. The summed E-state index contributed by atoms with van der Waals surface area (Å²) in [5.41, 5.74) is 1.04. The number of carbonyl (C=O) groups excluding carboxylic acids is 1. The van der Waals surface area contributed by atoms with Crippen LogP contribution in [0.25, 0.3) is 10.1 Å². The third kappa shape index (κ3) is 2.31. The van der Waals surface area contributed by atoms with Crippen molar-refractivity contribution in [2.24, 2.45) is 0 Å². The SMILES string of the molecule is COC(=O)c1sc2cc(F)ccc2c1C1CCNCC1. The monoisotopic (exact) mass is 293 g/mol. The van der Waals surface area contributed by atoms with Gasteiger partial charge in [0.1, 0.15) is 10.7 Å². The van der Waals surface area contributed by atoms with Gasteiger partial charge in [-0.15, -0.1) is 11.3 Å². The number of ether oxygens (including phenoxy) is 1. The average molecular weight is 293 g/mol. The molecular formula is C15H16FNO2S. The number of methoxy groups -OCH3 is 1. The maximum atomic E-state index is 13.4. The van der Waals surface area contributed by atoms with E-state index in [1.165, 1.54) is 30.6 Å². The van der Waals surface area contributed by atoms with Gasteiger partial charge in [-0.1, -0.05) is 6.07 Å². The lowest BCUT2D eigenvalue weighted by molar-refractivity contribution is 0.0604. The number of hydrogen-bond donors (Lipinski definition) is 1. The van der Waals surface area contributed by atoms with Gasteiger partial charge in [-0.2, -0.15) is 0 Å². The van der Waals surface area contributed by atoms with E-state index in [1.807, 2.05) is 0 Å². The van der Waals surface area contributed by atoms with Gasteiger partial charge >= 0.3 is 5.97 Å². The van der Waals surface area contributed by atoms with Gasteiger partial charge in [0, 0.05) is 4.70 Å². The van der Waals surface area contributed by atoms with E-state index < -0.39 is 0 Å². The summed E-state index contributed by atoms with van der Waals surface area (Å²) in [6.45, 7) is 1.90. The minimum Gasteiger partial charge on any atom is -0.465 e. The van der Waals surface area contributed by atoms with E-state index in [2.05, 4.69) is 5.32 Å². The number of hydrogen-bond acceptors (Lipinski definition) is 4. The first-order chi connectivity index (χ1) is 9.70. The number of esters is 1. The summed E-state index contributed by atoms with van der Waals surface area (Å²) in [6, 6.07) is 4.74. The summed E-state index contributed by atoms with van der Waals surface area (Å²) < 4.78 is 19.1. The zero-order valence-electron chi connectivity index (χ0n) is 11.2. The Morgan fingerprint density at radius 3 is 2.85 bits per heavy atom. The van der Waals surface area contributed by atoms with Gasteiger partial charge in [-0.25, -0.2) is 9.18 Å². The van der Waals surface area contributed by atoms with Crippen molar-refractivity contribution in [3.05, 3.63) is 34.5 Å². The lowest BCUT2D eigenvalue weighted by Gasteiger charge is -2.23. The molecule has 1 aliphatic rings. The molecule has 0 aliphatic carbocycles. The van der Waals surface area contributed by atoms with Crippen LogP contribution >= 0.6 is 11.3 Å². The smallest absolute Gasteiger partial charge is 0.348 e. The second-order valence-corrected chi connectivity index (χ2v) is 6.05. The molecule has 0 atom stereocenters. The highest BCUT2D eigenvalue weighted by Crippen LogP contribution is 2.40. The predicted molar refractivity (Wildman–Crippen MR) is 78.0 cm³/mol. The summed E-state index contributed by atoms with van der Waals surface area (Å²) in [4.78, 5) is 12.6. The molecule has 20 heavy (non-hydrogen) atoms. The third-order valence-corrected chi connectivity index (χ3v) is 4.96. The van der Waals surface area contributed by atoms with Crippen LogP contribution in [0.5, 0.6) is 0 Å². The van der Waals surface area contributed by atoms with Crippen molar-refractivity contribution in [1.29, 1.82) is 0 Å². The van der Waals surface area contributed by atoms with Gasteiger partial charge in [0.15, 0.2) is 0 Å². The average Bonchev–Trinajstić information content (AvgIpc) is 2.85. The maximum absolute atomic E-state index is 13.4. The number of rotatable bonds is 2. The molecule has 1 saturated heterocycles. The van der Waals surface area contributed by atoms with Crippen LogP contribution in [0.1, 0.15) is 34.0 Å². The molecule has 2 heterocycles. The zero-order valence-corrected chi connectivity index (χ0v) is 12.1. The number of fused-ring (bicyclic) bond motifs is 1. The van der Waals surface area contributed by atoms with Crippen molar-refractivity contribution in [1.82, 2.24) is 5.32 Å². The number of carbonyl (C=O) groups is 1. The Hall–Kier alpha value is -1.46. The van der Waals surface area contributed by atoms with Crippen molar-refractivity contribution >= 4 is 27.4 Å². The molecule has 1 aromatic carbocycles. The summed E-state index contributed by atoms with van der Waals surface area (Å²) in [5.74, 6) is -0.253. The number of thiophene rings is 1. The maximum Gasteiger partial charge on any atom is 0.348 e. The number of piperidine rings is 1. The van der Waals surface area contributed by atoms with E-state index in [0.29, 0.717) is 10.8 Å². The molecule has 0 unspecified atom stereocenters. The van der Waals surface area contributed by atoms with Gasteiger partial charge in [0.25, 0.3) is 0 Å². The Bertz CT molecular complexity index is 647. The Morgan fingerprint density at radius 2 is 2.15 bits per heavy atom. The summed E-state index contributed by atoms with van der Waals surface area (Å²) in [6.07, 6.45) is 1.99. The molecular weight excluding hydrogens is 277 g/mol. The lowest BCUT2D eigenvalue weighted by atomic mass is 9.88. The first-order valence-electron chi connectivity index (χ1n) is 6.71. The second-order valence-electron chi connectivity index (χ2n) is 5.00. The minimum atomic E-state index is -0.319. The van der Waals surface area contributed by atoms with Crippen LogP contribution in [0.2, 0.25) is 0 Å². The molecule has 0 radical (unpaired) electrons.